The lowest BCUT2D eigenvalue weighted by molar-refractivity contribution is -0.125. The maximum atomic E-state index is 12.8. The molecule has 1 atom stereocenters. The van der Waals surface area contributed by atoms with E-state index in [2.05, 4.69) is 26.1 Å². The summed E-state index contributed by atoms with van der Waals surface area (Å²) in [7, 11) is -3.54. The SMILES string of the molecule is Cc1ccc(S(=O)(=O)N2CCC[C@@H](C(=O)NCCSC(C)(C)C)C2)cc1. The number of hydrogen-bond acceptors (Lipinski definition) is 4. The number of carbonyl (C=O) groups is 1. The van der Waals surface area contributed by atoms with E-state index in [1.54, 1.807) is 36.0 Å². The van der Waals surface area contributed by atoms with E-state index in [0.29, 0.717) is 24.4 Å². The second-order valence-corrected chi connectivity index (χ2v) is 11.6. The summed E-state index contributed by atoms with van der Waals surface area (Å²) in [5.41, 5.74) is 1.02. The smallest absolute Gasteiger partial charge is 0.243 e. The average molecular weight is 399 g/mol. The van der Waals surface area contributed by atoms with Crippen molar-refractivity contribution in [3.8, 4) is 0 Å². The van der Waals surface area contributed by atoms with Crippen molar-refractivity contribution in [2.45, 2.75) is 50.2 Å². The van der Waals surface area contributed by atoms with Crippen molar-refractivity contribution in [1.29, 1.82) is 0 Å². The van der Waals surface area contributed by atoms with Crippen LogP contribution in [0.3, 0.4) is 0 Å². The maximum absolute atomic E-state index is 12.8. The summed E-state index contributed by atoms with van der Waals surface area (Å²) in [6, 6.07) is 6.87. The van der Waals surface area contributed by atoms with E-state index < -0.39 is 10.0 Å². The zero-order chi connectivity index (χ0) is 19.4. The molecule has 26 heavy (non-hydrogen) atoms. The summed E-state index contributed by atoms with van der Waals surface area (Å²) in [6.45, 7) is 9.71. The Bertz CT molecular complexity index is 709. The third-order valence-corrected chi connectivity index (χ3v) is 7.50. The molecule has 0 aliphatic carbocycles. The van der Waals surface area contributed by atoms with E-state index in [9.17, 15) is 13.2 Å². The molecular weight excluding hydrogens is 368 g/mol. The van der Waals surface area contributed by atoms with Gasteiger partial charge in [0.05, 0.1) is 10.8 Å². The lowest BCUT2D eigenvalue weighted by Gasteiger charge is -2.31. The fourth-order valence-corrected chi connectivity index (χ4v) is 5.25. The molecule has 1 aliphatic heterocycles. The summed E-state index contributed by atoms with van der Waals surface area (Å²) in [6.07, 6.45) is 1.44. The Hall–Kier alpha value is -1.05. The van der Waals surface area contributed by atoms with Crippen molar-refractivity contribution in [3.63, 3.8) is 0 Å². The van der Waals surface area contributed by atoms with Crippen molar-refractivity contribution < 1.29 is 13.2 Å². The minimum absolute atomic E-state index is 0.0386. The molecule has 2 rings (SSSR count). The number of carbonyl (C=O) groups excluding carboxylic acids is 1. The normalized spacial score (nSPS) is 19.3. The van der Waals surface area contributed by atoms with Crippen molar-refractivity contribution in [2.24, 2.45) is 5.92 Å². The molecular formula is C19H30N2O3S2. The fraction of sp³-hybridized carbons (Fsp3) is 0.632. The molecule has 1 fully saturated rings. The topological polar surface area (TPSA) is 66.5 Å². The van der Waals surface area contributed by atoms with Gasteiger partial charge in [0.2, 0.25) is 15.9 Å². The van der Waals surface area contributed by atoms with Crippen LogP contribution in [0.1, 0.15) is 39.2 Å². The highest BCUT2D eigenvalue weighted by molar-refractivity contribution is 8.00. The molecule has 146 valence electrons. The van der Waals surface area contributed by atoms with Gasteiger partial charge < -0.3 is 5.32 Å². The Morgan fingerprint density at radius 2 is 1.92 bits per heavy atom. The van der Waals surface area contributed by atoms with Crippen LogP contribution in [-0.2, 0) is 14.8 Å². The number of rotatable bonds is 6. The predicted molar refractivity (Wildman–Crippen MR) is 108 cm³/mol. The quantitative estimate of drug-likeness (QED) is 0.748. The summed E-state index contributed by atoms with van der Waals surface area (Å²) in [5, 5.41) is 2.96. The molecule has 7 heteroatoms. The summed E-state index contributed by atoms with van der Waals surface area (Å²) in [4.78, 5) is 12.7. The molecule has 1 aromatic rings. The minimum Gasteiger partial charge on any atom is -0.355 e. The van der Waals surface area contributed by atoms with Crippen LogP contribution in [0.4, 0.5) is 0 Å². The first kappa shape index (κ1) is 21.3. The first-order chi connectivity index (χ1) is 12.1. The molecule has 5 nitrogen and oxygen atoms in total. The predicted octanol–water partition coefficient (Wildman–Crippen LogP) is 3.04. The van der Waals surface area contributed by atoms with Crippen molar-refractivity contribution in [3.05, 3.63) is 29.8 Å². The van der Waals surface area contributed by atoms with Gasteiger partial charge in [-0.15, -0.1) is 0 Å². The number of benzene rings is 1. The number of sulfonamides is 1. The highest BCUT2D eigenvalue weighted by atomic mass is 32.2. The van der Waals surface area contributed by atoms with Gasteiger partial charge in [0.15, 0.2) is 0 Å². The Morgan fingerprint density at radius 1 is 1.27 bits per heavy atom. The van der Waals surface area contributed by atoms with E-state index in [0.717, 1.165) is 17.7 Å². The minimum atomic E-state index is -3.54. The number of piperidine rings is 1. The first-order valence-electron chi connectivity index (χ1n) is 9.08. The molecule has 1 heterocycles. The molecule has 1 aliphatic rings. The van der Waals surface area contributed by atoms with E-state index in [1.165, 1.54) is 4.31 Å². The first-order valence-corrected chi connectivity index (χ1v) is 11.5. The third kappa shape index (κ3) is 5.99. The van der Waals surface area contributed by atoms with Gasteiger partial charge in [-0.25, -0.2) is 8.42 Å². The van der Waals surface area contributed by atoms with Crippen molar-refractivity contribution in [2.75, 3.05) is 25.4 Å². The van der Waals surface area contributed by atoms with Crippen LogP contribution in [0, 0.1) is 12.8 Å². The second kappa shape index (κ2) is 8.76. The van der Waals surface area contributed by atoms with Gasteiger partial charge in [-0.2, -0.15) is 16.1 Å². The highest BCUT2D eigenvalue weighted by Crippen LogP contribution is 2.25. The Balaban J connectivity index is 1.93. The fourth-order valence-electron chi connectivity index (χ4n) is 2.91. The molecule has 0 bridgehead atoms. The molecule has 1 amide bonds. The Kier molecular flexibility index (Phi) is 7.16. The monoisotopic (exact) mass is 398 g/mol. The molecule has 0 aromatic heterocycles. The lowest BCUT2D eigenvalue weighted by atomic mass is 9.99. The highest BCUT2D eigenvalue weighted by Gasteiger charge is 2.33. The number of nitrogens with one attached hydrogen (secondary N) is 1. The molecule has 0 unspecified atom stereocenters. The van der Waals surface area contributed by atoms with Crippen LogP contribution in [0.2, 0.25) is 0 Å². The van der Waals surface area contributed by atoms with Gasteiger partial charge >= 0.3 is 0 Å². The van der Waals surface area contributed by atoms with Gasteiger partial charge in [-0.1, -0.05) is 38.5 Å². The van der Waals surface area contributed by atoms with Crippen molar-refractivity contribution >= 4 is 27.7 Å². The molecule has 1 aromatic carbocycles. The van der Waals surface area contributed by atoms with E-state index >= 15 is 0 Å². The summed E-state index contributed by atoms with van der Waals surface area (Å²) >= 11 is 1.80. The van der Waals surface area contributed by atoms with Crippen LogP contribution in [-0.4, -0.2) is 48.8 Å². The molecule has 0 radical (unpaired) electrons. The van der Waals surface area contributed by atoms with Crippen LogP contribution in [0.25, 0.3) is 0 Å². The van der Waals surface area contributed by atoms with Crippen LogP contribution < -0.4 is 5.32 Å². The molecule has 0 spiro atoms. The van der Waals surface area contributed by atoms with Crippen LogP contribution in [0.15, 0.2) is 29.2 Å². The van der Waals surface area contributed by atoms with Gasteiger partial charge in [-0.05, 0) is 31.9 Å². The number of aryl methyl sites for hydroxylation is 1. The summed E-state index contributed by atoms with van der Waals surface area (Å²) in [5.74, 6) is 0.541. The Morgan fingerprint density at radius 3 is 2.54 bits per heavy atom. The molecule has 1 N–H and O–H groups in total. The van der Waals surface area contributed by atoms with Crippen molar-refractivity contribution in [1.82, 2.24) is 9.62 Å². The standard InChI is InChI=1S/C19H30N2O3S2/c1-15-7-9-17(10-8-15)26(23,24)21-12-5-6-16(14-21)18(22)20-11-13-25-19(2,3)4/h7-10,16H,5-6,11-14H2,1-4H3,(H,20,22)/t16-/m1/s1. The van der Waals surface area contributed by atoms with Gasteiger partial charge in [0.25, 0.3) is 0 Å². The number of hydrogen-bond donors (Lipinski definition) is 1. The number of nitrogens with zero attached hydrogens (tertiary/aromatic N) is 1. The maximum Gasteiger partial charge on any atom is 0.243 e. The summed E-state index contributed by atoms with van der Waals surface area (Å²) < 4.78 is 27.3. The largest absolute Gasteiger partial charge is 0.355 e. The molecule has 0 saturated carbocycles. The second-order valence-electron chi connectivity index (χ2n) is 7.77. The van der Waals surface area contributed by atoms with Crippen LogP contribution >= 0.6 is 11.8 Å². The molecule has 1 saturated heterocycles. The van der Waals surface area contributed by atoms with E-state index in [-0.39, 0.29) is 23.1 Å². The third-order valence-electron chi connectivity index (χ3n) is 4.35. The zero-order valence-electron chi connectivity index (χ0n) is 16.1. The van der Waals surface area contributed by atoms with E-state index in [1.807, 2.05) is 6.92 Å². The number of thioether (sulfide) groups is 1. The number of amides is 1. The van der Waals surface area contributed by atoms with Gasteiger partial charge in [-0.3, -0.25) is 4.79 Å². The van der Waals surface area contributed by atoms with E-state index in [4.69, 9.17) is 0 Å². The lowest BCUT2D eigenvalue weighted by Crippen LogP contribution is -2.45. The Labute approximate surface area is 162 Å². The zero-order valence-corrected chi connectivity index (χ0v) is 17.8. The van der Waals surface area contributed by atoms with Crippen LogP contribution in [0.5, 0.6) is 0 Å². The average Bonchev–Trinajstić information content (AvgIpc) is 2.58. The van der Waals surface area contributed by atoms with Gasteiger partial charge in [0, 0.05) is 30.1 Å². The van der Waals surface area contributed by atoms with Gasteiger partial charge in [0.1, 0.15) is 0 Å².